The Morgan fingerprint density at radius 2 is 2.00 bits per heavy atom. The van der Waals surface area contributed by atoms with Gasteiger partial charge in [0, 0.05) is 35.2 Å². The standard InChI is InChI=1S/C17H26BrNOSi/c1-13(2)12-21(4,5)20-9-8-14-11-19(3)17-7-6-15(18)10-16(14)17/h6-7,10-11,13H,8-9,12H2,1-5H3. The molecule has 0 aliphatic rings. The summed E-state index contributed by atoms with van der Waals surface area (Å²) in [6, 6.07) is 7.71. The number of fused-ring (bicyclic) bond motifs is 1. The van der Waals surface area contributed by atoms with Gasteiger partial charge in [-0.15, -0.1) is 0 Å². The summed E-state index contributed by atoms with van der Waals surface area (Å²) in [6.07, 6.45) is 3.22. The summed E-state index contributed by atoms with van der Waals surface area (Å²) < 4.78 is 9.59. The van der Waals surface area contributed by atoms with E-state index in [9.17, 15) is 0 Å². The second-order valence-corrected chi connectivity index (χ2v) is 12.0. The number of hydrogen-bond acceptors (Lipinski definition) is 1. The molecule has 4 heteroatoms. The van der Waals surface area contributed by atoms with Gasteiger partial charge in [-0.1, -0.05) is 29.8 Å². The highest BCUT2D eigenvalue weighted by atomic mass is 79.9. The van der Waals surface area contributed by atoms with Gasteiger partial charge in [0.2, 0.25) is 0 Å². The Bertz CT molecular complexity index is 619. The van der Waals surface area contributed by atoms with Gasteiger partial charge in [-0.3, -0.25) is 0 Å². The van der Waals surface area contributed by atoms with Crippen molar-refractivity contribution in [3.05, 3.63) is 34.4 Å². The van der Waals surface area contributed by atoms with Crippen molar-refractivity contribution in [1.82, 2.24) is 4.57 Å². The maximum atomic E-state index is 6.25. The second-order valence-electron chi connectivity index (χ2n) is 6.88. The van der Waals surface area contributed by atoms with Crippen LogP contribution in [0.3, 0.4) is 0 Å². The zero-order valence-electron chi connectivity index (χ0n) is 13.7. The van der Waals surface area contributed by atoms with E-state index < -0.39 is 8.32 Å². The summed E-state index contributed by atoms with van der Waals surface area (Å²) in [5.41, 5.74) is 2.66. The van der Waals surface area contributed by atoms with Crippen LogP contribution >= 0.6 is 15.9 Å². The average molecular weight is 368 g/mol. The van der Waals surface area contributed by atoms with E-state index in [1.807, 2.05) is 0 Å². The van der Waals surface area contributed by atoms with Crippen molar-refractivity contribution in [2.45, 2.75) is 39.4 Å². The Morgan fingerprint density at radius 1 is 1.29 bits per heavy atom. The zero-order valence-corrected chi connectivity index (χ0v) is 16.3. The highest BCUT2D eigenvalue weighted by molar-refractivity contribution is 9.10. The van der Waals surface area contributed by atoms with Crippen LogP contribution in [0, 0.1) is 5.92 Å². The van der Waals surface area contributed by atoms with E-state index in [-0.39, 0.29) is 0 Å². The molecule has 2 nitrogen and oxygen atoms in total. The molecule has 0 saturated heterocycles. The summed E-state index contributed by atoms with van der Waals surface area (Å²) in [5, 5.41) is 1.33. The Balaban J connectivity index is 2.06. The zero-order chi connectivity index (χ0) is 15.6. The van der Waals surface area contributed by atoms with Crippen LogP contribution in [-0.2, 0) is 17.9 Å². The van der Waals surface area contributed by atoms with E-state index in [1.54, 1.807) is 0 Å². The van der Waals surface area contributed by atoms with Crippen LogP contribution in [0.25, 0.3) is 10.9 Å². The Morgan fingerprint density at radius 3 is 2.67 bits per heavy atom. The molecule has 2 aromatic rings. The molecule has 0 aliphatic carbocycles. The van der Waals surface area contributed by atoms with Crippen molar-refractivity contribution < 1.29 is 4.43 Å². The molecule has 1 aromatic carbocycles. The molecular formula is C17H26BrNOSi. The third kappa shape index (κ3) is 4.44. The second kappa shape index (κ2) is 6.67. The highest BCUT2D eigenvalue weighted by Crippen LogP contribution is 2.25. The number of hydrogen-bond donors (Lipinski definition) is 0. The molecule has 21 heavy (non-hydrogen) atoms. The quantitative estimate of drug-likeness (QED) is 0.626. The summed E-state index contributed by atoms with van der Waals surface area (Å²) in [5.74, 6) is 0.722. The van der Waals surface area contributed by atoms with Crippen LogP contribution in [0.15, 0.2) is 28.9 Å². The smallest absolute Gasteiger partial charge is 0.186 e. The molecule has 116 valence electrons. The van der Waals surface area contributed by atoms with Gasteiger partial charge in [-0.25, -0.2) is 0 Å². The van der Waals surface area contributed by atoms with Crippen molar-refractivity contribution >= 4 is 35.2 Å². The summed E-state index contributed by atoms with van der Waals surface area (Å²) >= 11 is 3.57. The monoisotopic (exact) mass is 367 g/mol. The first-order chi connectivity index (χ1) is 9.78. The SMILES string of the molecule is CC(C)C[Si](C)(C)OCCc1cn(C)c2ccc(Br)cc12. The molecule has 0 fully saturated rings. The minimum Gasteiger partial charge on any atom is -0.417 e. The van der Waals surface area contributed by atoms with Crippen molar-refractivity contribution in [2.75, 3.05) is 6.61 Å². The minimum absolute atomic E-state index is 0.722. The molecule has 2 rings (SSSR count). The first-order valence-corrected chi connectivity index (χ1v) is 11.6. The van der Waals surface area contributed by atoms with Gasteiger partial charge in [0.05, 0.1) is 0 Å². The molecule has 0 spiro atoms. The van der Waals surface area contributed by atoms with Crippen LogP contribution in [0.4, 0.5) is 0 Å². The van der Waals surface area contributed by atoms with Gasteiger partial charge in [0.25, 0.3) is 0 Å². The number of rotatable bonds is 6. The van der Waals surface area contributed by atoms with E-state index in [0.717, 1.165) is 23.4 Å². The van der Waals surface area contributed by atoms with Gasteiger partial charge in [0.15, 0.2) is 8.32 Å². The molecule has 1 heterocycles. The third-order valence-corrected chi connectivity index (χ3v) is 7.08. The van der Waals surface area contributed by atoms with Crippen molar-refractivity contribution in [3.8, 4) is 0 Å². The van der Waals surface area contributed by atoms with Crippen LogP contribution in [0.5, 0.6) is 0 Å². The van der Waals surface area contributed by atoms with E-state index >= 15 is 0 Å². The number of benzene rings is 1. The maximum Gasteiger partial charge on any atom is 0.186 e. The first-order valence-electron chi connectivity index (χ1n) is 7.66. The first kappa shape index (κ1) is 16.8. The lowest BCUT2D eigenvalue weighted by Crippen LogP contribution is -2.32. The predicted octanol–water partition coefficient (Wildman–Crippen LogP) is 5.36. The van der Waals surface area contributed by atoms with Gasteiger partial charge < -0.3 is 8.99 Å². The Kier molecular flexibility index (Phi) is 5.33. The van der Waals surface area contributed by atoms with E-state index in [2.05, 4.69) is 78.9 Å². The van der Waals surface area contributed by atoms with Gasteiger partial charge in [-0.2, -0.15) is 0 Å². The Hall–Kier alpha value is -0.583. The molecule has 0 bridgehead atoms. The van der Waals surface area contributed by atoms with Crippen LogP contribution in [0.1, 0.15) is 19.4 Å². The molecule has 0 unspecified atom stereocenters. The van der Waals surface area contributed by atoms with E-state index in [4.69, 9.17) is 4.43 Å². The topological polar surface area (TPSA) is 14.2 Å². The minimum atomic E-state index is -1.51. The van der Waals surface area contributed by atoms with Crippen molar-refractivity contribution in [3.63, 3.8) is 0 Å². The molecule has 0 atom stereocenters. The lowest BCUT2D eigenvalue weighted by Gasteiger charge is -2.24. The van der Waals surface area contributed by atoms with E-state index in [0.29, 0.717) is 0 Å². The molecular weight excluding hydrogens is 342 g/mol. The summed E-state index contributed by atoms with van der Waals surface area (Å²) in [4.78, 5) is 0. The van der Waals surface area contributed by atoms with Gasteiger partial charge in [0.1, 0.15) is 0 Å². The fourth-order valence-electron chi connectivity index (χ4n) is 3.12. The van der Waals surface area contributed by atoms with Crippen molar-refractivity contribution in [2.24, 2.45) is 13.0 Å². The average Bonchev–Trinajstić information content (AvgIpc) is 2.64. The number of aromatic nitrogens is 1. The lowest BCUT2D eigenvalue weighted by atomic mass is 10.1. The Labute approximate surface area is 137 Å². The molecule has 1 aromatic heterocycles. The molecule has 0 radical (unpaired) electrons. The van der Waals surface area contributed by atoms with E-state index in [1.165, 1.54) is 22.5 Å². The maximum absolute atomic E-state index is 6.25. The van der Waals surface area contributed by atoms with Gasteiger partial charge >= 0.3 is 0 Å². The van der Waals surface area contributed by atoms with Gasteiger partial charge in [-0.05, 0) is 55.2 Å². The molecule has 0 aliphatic heterocycles. The summed E-state index contributed by atoms with van der Waals surface area (Å²) in [7, 11) is 0.601. The molecule has 0 N–H and O–H groups in total. The van der Waals surface area contributed by atoms with Crippen LogP contribution in [-0.4, -0.2) is 19.5 Å². The number of aryl methyl sites for hydroxylation is 1. The third-order valence-electron chi connectivity index (χ3n) is 3.80. The molecule has 0 saturated carbocycles. The largest absolute Gasteiger partial charge is 0.417 e. The fraction of sp³-hybridized carbons (Fsp3) is 0.529. The predicted molar refractivity (Wildman–Crippen MR) is 97.4 cm³/mol. The van der Waals surface area contributed by atoms with Crippen LogP contribution < -0.4 is 0 Å². The number of nitrogens with zero attached hydrogens (tertiary/aromatic N) is 1. The summed E-state index contributed by atoms with van der Waals surface area (Å²) in [6.45, 7) is 10.0. The highest BCUT2D eigenvalue weighted by Gasteiger charge is 2.23. The lowest BCUT2D eigenvalue weighted by molar-refractivity contribution is 0.307. The van der Waals surface area contributed by atoms with Crippen molar-refractivity contribution in [1.29, 1.82) is 0 Å². The fourth-order valence-corrected chi connectivity index (χ4v) is 6.22. The number of halogens is 1. The molecule has 0 amide bonds. The normalized spacial score (nSPS) is 12.5. The van der Waals surface area contributed by atoms with Crippen LogP contribution in [0.2, 0.25) is 19.1 Å².